The van der Waals surface area contributed by atoms with Crippen molar-refractivity contribution in [2.24, 2.45) is 5.92 Å². The Hall–Kier alpha value is -3.32. The van der Waals surface area contributed by atoms with Gasteiger partial charge >= 0.3 is 0 Å². The van der Waals surface area contributed by atoms with E-state index in [1.54, 1.807) is 31.4 Å². The highest BCUT2D eigenvalue weighted by Gasteiger charge is 2.44. The van der Waals surface area contributed by atoms with Crippen LogP contribution in [-0.2, 0) is 9.59 Å². The lowest BCUT2D eigenvalue weighted by Crippen LogP contribution is -2.40. The molecule has 33 heavy (non-hydrogen) atoms. The number of imide groups is 1. The van der Waals surface area contributed by atoms with Gasteiger partial charge in [0.25, 0.3) is 11.8 Å². The summed E-state index contributed by atoms with van der Waals surface area (Å²) in [7, 11) is 3.09. The molecule has 2 amide bonds. The van der Waals surface area contributed by atoms with E-state index in [1.165, 1.54) is 12.0 Å². The molecule has 2 aliphatic heterocycles. The Labute approximate surface area is 194 Å². The molecule has 2 aromatic carbocycles. The average molecular weight is 451 g/mol. The van der Waals surface area contributed by atoms with Gasteiger partial charge in [0.1, 0.15) is 5.70 Å². The largest absolute Gasteiger partial charge is 0.493 e. The van der Waals surface area contributed by atoms with Crippen molar-refractivity contribution in [1.82, 2.24) is 4.90 Å². The van der Waals surface area contributed by atoms with Crippen LogP contribution in [0.3, 0.4) is 0 Å². The fourth-order valence-electron chi connectivity index (χ4n) is 4.68. The van der Waals surface area contributed by atoms with Crippen molar-refractivity contribution in [2.75, 3.05) is 38.8 Å². The Bertz CT molecular complexity index is 1120. The van der Waals surface area contributed by atoms with Crippen LogP contribution in [0, 0.1) is 19.8 Å². The van der Waals surface area contributed by atoms with Gasteiger partial charge in [0.15, 0.2) is 11.5 Å². The second kappa shape index (κ2) is 9.27. The maximum Gasteiger partial charge on any atom is 0.282 e. The van der Waals surface area contributed by atoms with Gasteiger partial charge in [-0.25, -0.2) is 4.90 Å². The molecule has 0 aromatic heterocycles. The summed E-state index contributed by atoms with van der Waals surface area (Å²) in [5, 5.41) is 9.74. The Morgan fingerprint density at radius 1 is 1.03 bits per heavy atom. The molecule has 0 radical (unpaired) electrons. The number of benzene rings is 2. The molecule has 174 valence electrons. The molecule has 7 heteroatoms. The zero-order valence-corrected chi connectivity index (χ0v) is 19.6. The third-order valence-electron chi connectivity index (χ3n) is 6.64. The topological polar surface area (TPSA) is 79.3 Å². The van der Waals surface area contributed by atoms with E-state index in [1.807, 2.05) is 30.9 Å². The summed E-state index contributed by atoms with van der Waals surface area (Å²) in [4.78, 5) is 30.9. The molecule has 0 saturated carbocycles. The summed E-state index contributed by atoms with van der Waals surface area (Å²) in [6, 6.07) is 10.9. The number of aliphatic hydroxyl groups excluding tert-OH is 1. The maximum absolute atomic E-state index is 13.8. The van der Waals surface area contributed by atoms with E-state index in [2.05, 4.69) is 0 Å². The van der Waals surface area contributed by atoms with E-state index in [9.17, 15) is 14.7 Å². The van der Waals surface area contributed by atoms with Crippen LogP contribution in [0.25, 0.3) is 5.57 Å². The minimum atomic E-state index is -0.359. The van der Waals surface area contributed by atoms with Crippen LogP contribution in [0.4, 0.5) is 5.69 Å². The van der Waals surface area contributed by atoms with E-state index < -0.39 is 0 Å². The van der Waals surface area contributed by atoms with Crippen molar-refractivity contribution in [3.63, 3.8) is 0 Å². The summed E-state index contributed by atoms with van der Waals surface area (Å²) in [5.74, 6) is 0.402. The maximum atomic E-state index is 13.8. The number of hydrogen-bond donors (Lipinski definition) is 1. The Morgan fingerprint density at radius 3 is 2.48 bits per heavy atom. The SMILES string of the molecule is COc1ccc(C2=C(N3CCCC(CO)C3)C(=O)N(c3cccc(C)c3C)C2=O)cc1OC. The smallest absolute Gasteiger partial charge is 0.282 e. The first-order valence-corrected chi connectivity index (χ1v) is 11.2. The minimum absolute atomic E-state index is 0.0539. The number of likely N-dealkylation sites (tertiary alicyclic amines) is 1. The lowest BCUT2D eigenvalue weighted by molar-refractivity contribution is -0.120. The predicted molar refractivity (Wildman–Crippen MR) is 126 cm³/mol. The van der Waals surface area contributed by atoms with Crippen molar-refractivity contribution >= 4 is 23.1 Å². The van der Waals surface area contributed by atoms with Crippen molar-refractivity contribution in [2.45, 2.75) is 26.7 Å². The van der Waals surface area contributed by atoms with Gasteiger partial charge in [-0.3, -0.25) is 9.59 Å². The highest BCUT2D eigenvalue weighted by molar-refractivity contribution is 6.45. The second-order valence-electron chi connectivity index (χ2n) is 8.59. The third-order valence-corrected chi connectivity index (χ3v) is 6.64. The summed E-state index contributed by atoms with van der Waals surface area (Å²) in [6.45, 7) is 5.12. The van der Waals surface area contributed by atoms with Gasteiger partial charge in [0, 0.05) is 19.7 Å². The highest BCUT2D eigenvalue weighted by atomic mass is 16.5. The third kappa shape index (κ3) is 3.97. The van der Waals surface area contributed by atoms with E-state index in [-0.39, 0.29) is 24.3 Å². The number of ether oxygens (including phenoxy) is 2. The molecule has 0 spiro atoms. The van der Waals surface area contributed by atoms with Crippen molar-refractivity contribution in [3.8, 4) is 11.5 Å². The quantitative estimate of drug-likeness (QED) is 0.681. The number of amides is 2. The second-order valence-corrected chi connectivity index (χ2v) is 8.59. The molecule has 2 aliphatic rings. The zero-order valence-electron chi connectivity index (χ0n) is 19.6. The molecule has 1 atom stereocenters. The number of anilines is 1. The van der Waals surface area contributed by atoms with Crippen LogP contribution < -0.4 is 14.4 Å². The van der Waals surface area contributed by atoms with Crippen LogP contribution >= 0.6 is 0 Å². The number of aliphatic hydroxyl groups is 1. The van der Waals surface area contributed by atoms with Crippen LogP contribution in [-0.4, -0.2) is 55.7 Å². The molecule has 1 saturated heterocycles. The lowest BCUT2D eigenvalue weighted by Gasteiger charge is -2.34. The van der Waals surface area contributed by atoms with E-state index in [0.29, 0.717) is 47.1 Å². The number of piperidine rings is 1. The Balaban J connectivity index is 1.87. The lowest BCUT2D eigenvalue weighted by atomic mass is 9.96. The number of hydrogen-bond acceptors (Lipinski definition) is 6. The van der Waals surface area contributed by atoms with Crippen LogP contribution in [0.2, 0.25) is 0 Å². The minimum Gasteiger partial charge on any atom is -0.493 e. The normalized spacial score (nSPS) is 18.9. The van der Waals surface area contributed by atoms with Gasteiger partial charge in [-0.05, 0) is 67.5 Å². The number of nitrogens with zero attached hydrogens (tertiary/aromatic N) is 2. The summed E-state index contributed by atoms with van der Waals surface area (Å²) in [5.41, 5.74) is 3.81. The number of aryl methyl sites for hydroxylation is 1. The molecular weight excluding hydrogens is 420 g/mol. The van der Waals surface area contributed by atoms with Gasteiger partial charge in [-0.2, -0.15) is 0 Å². The first-order chi connectivity index (χ1) is 15.9. The Morgan fingerprint density at radius 2 is 1.79 bits per heavy atom. The first-order valence-electron chi connectivity index (χ1n) is 11.2. The summed E-state index contributed by atoms with van der Waals surface area (Å²) in [6.07, 6.45) is 1.74. The standard InChI is InChI=1S/C26H30N2O5/c1-16-7-5-9-20(17(16)2)28-25(30)23(19-10-11-21(32-3)22(13-19)33-4)24(26(28)31)27-12-6-8-18(14-27)15-29/h5,7,9-11,13,18,29H,6,8,12,14-15H2,1-4H3. The molecule has 2 heterocycles. The van der Waals surface area contributed by atoms with Gasteiger partial charge in [0.05, 0.1) is 25.5 Å². The molecule has 0 aliphatic carbocycles. The average Bonchev–Trinajstić information content (AvgIpc) is 3.10. The van der Waals surface area contributed by atoms with Crippen LogP contribution in [0.1, 0.15) is 29.5 Å². The number of carbonyl (C=O) groups excluding carboxylic acids is 2. The van der Waals surface area contributed by atoms with Crippen molar-refractivity contribution in [1.29, 1.82) is 0 Å². The monoisotopic (exact) mass is 450 g/mol. The molecule has 1 unspecified atom stereocenters. The molecule has 4 rings (SSSR count). The van der Waals surface area contributed by atoms with Gasteiger partial charge in [0.2, 0.25) is 0 Å². The molecule has 7 nitrogen and oxygen atoms in total. The summed E-state index contributed by atoms with van der Waals surface area (Å²) >= 11 is 0. The molecule has 1 N–H and O–H groups in total. The Kier molecular flexibility index (Phi) is 6.42. The van der Waals surface area contributed by atoms with E-state index in [4.69, 9.17) is 9.47 Å². The molecule has 1 fully saturated rings. The molecular formula is C26H30N2O5. The fourth-order valence-corrected chi connectivity index (χ4v) is 4.68. The van der Waals surface area contributed by atoms with Crippen molar-refractivity contribution < 1.29 is 24.2 Å². The first kappa shape index (κ1) is 22.9. The van der Waals surface area contributed by atoms with Crippen LogP contribution in [0.15, 0.2) is 42.1 Å². The fraction of sp³-hybridized carbons (Fsp3) is 0.385. The van der Waals surface area contributed by atoms with Gasteiger partial charge in [-0.15, -0.1) is 0 Å². The van der Waals surface area contributed by atoms with E-state index >= 15 is 0 Å². The highest BCUT2D eigenvalue weighted by Crippen LogP contribution is 2.40. The van der Waals surface area contributed by atoms with Gasteiger partial charge in [-0.1, -0.05) is 18.2 Å². The number of rotatable bonds is 6. The summed E-state index contributed by atoms with van der Waals surface area (Å²) < 4.78 is 10.8. The predicted octanol–water partition coefficient (Wildman–Crippen LogP) is 3.31. The molecule has 2 aromatic rings. The zero-order chi connectivity index (χ0) is 23.7. The number of carbonyl (C=O) groups is 2. The van der Waals surface area contributed by atoms with E-state index in [0.717, 1.165) is 24.0 Å². The van der Waals surface area contributed by atoms with Gasteiger partial charge < -0.3 is 19.5 Å². The van der Waals surface area contributed by atoms with Crippen molar-refractivity contribution in [3.05, 3.63) is 58.8 Å². The van der Waals surface area contributed by atoms with Crippen LogP contribution in [0.5, 0.6) is 11.5 Å². The number of methoxy groups -OCH3 is 2. The molecule has 0 bridgehead atoms.